The summed E-state index contributed by atoms with van der Waals surface area (Å²) < 4.78 is 5.80. The molecule has 1 aromatic rings. The Balaban J connectivity index is 2.04. The fourth-order valence-electron chi connectivity index (χ4n) is 4.18. The zero-order valence-corrected chi connectivity index (χ0v) is 21.3. The zero-order valence-electron chi connectivity index (χ0n) is 21.3. The molecule has 0 heterocycles. The number of unbranched alkanes of at least 4 members (excludes halogenated alkanes) is 15. The molecule has 0 aliphatic heterocycles. The van der Waals surface area contributed by atoms with Gasteiger partial charge in [-0.25, -0.2) is 0 Å². The maximum atomic E-state index is 11.0. The van der Waals surface area contributed by atoms with Crippen LogP contribution in [0.4, 0.5) is 5.69 Å². The fraction of sp³-hybridized carbons (Fsp3) is 0.714. The van der Waals surface area contributed by atoms with Crippen molar-refractivity contribution in [2.75, 3.05) is 24.6 Å². The molecule has 0 aromatic heterocycles. The van der Waals surface area contributed by atoms with E-state index in [1.54, 1.807) is 18.2 Å². The van der Waals surface area contributed by atoms with Crippen molar-refractivity contribution in [2.45, 2.75) is 110 Å². The first kappa shape index (κ1) is 29.8. The van der Waals surface area contributed by atoms with E-state index >= 15 is 0 Å². The van der Waals surface area contributed by atoms with Gasteiger partial charge in [0.25, 0.3) is 0 Å². The molecule has 6 nitrogen and oxygen atoms in total. The highest BCUT2D eigenvalue weighted by atomic mass is 16.5. The third-order valence-corrected chi connectivity index (χ3v) is 6.10. The van der Waals surface area contributed by atoms with Gasteiger partial charge in [-0.15, -0.1) is 0 Å². The number of carboxylic acids is 2. The van der Waals surface area contributed by atoms with Crippen molar-refractivity contribution in [3.8, 4) is 5.75 Å². The summed E-state index contributed by atoms with van der Waals surface area (Å²) in [5.74, 6) is -1.50. The lowest BCUT2D eigenvalue weighted by atomic mass is 10.0. The van der Waals surface area contributed by atoms with Gasteiger partial charge >= 0.3 is 11.9 Å². The standard InChI is InChI=1S/C28H47NO5/c1-2-3-4-5-6-7-8-9-10-11-12-13-14-15-16-17-21-34-26-20-18-19-25(22-26)29(23-27(30)31)24-28(32)33/h18-20,22H,2-17,21,23-24H2,1H3,(H,30,31)(H,32,33). The van der Waals surface area contributed by atoms with E-state index in [1.807, 2.05) is 6.07 Å². The van der Waals surface area contributed by atoms with Crippen molar-refractivity contribution in [1.82, 2.24) is 0 Å². The molecule has 0 aliphatic carbocycles. The predicted octanol–water partition coefficient (Wildman–Crippen LogP) is 7.30. The summed E-state index contributed by atoms with van der Waals surface area (Å²) >= 11 is 0. The molecule has 0 unspecified atom stereocenters. The molecule has 0 saturated heterocycles. The Labute approximate surface area is 206 Å². The predicted molar refractivity (Wildman–Crippen MR) is 139 cm³/mol. The number of aliphatic carboxylic acids is 2. The average Bonchev–Trinajstić information content (AvgIpc) is 2.80. The van der Waals surface area contributed by atoms with Gasteiger partial charge in [-0.1, -0.05) is 109 Å². The maximum absolute atomic E-state index is 11.0. The molecule has 0 atom stereocenters. The lowest BCUT2D eigenvalue weighted by Gasteiger charge is -2.21. The number of anilines is 1. The number of ether oxygens (including phenoxy) is 1. The van der Waals surface area contributed by atoms with Crippen LogP contribution in [-0.4, -0.2) is 41.8 Å². The van der Waals surface area contributed by atoms with Gasteiger partial charge in [-0.2, -0.15) is 0 Å². The molecule has 1 rings (SSSR count). The van der Waals surface area contributed by atoms with Gasteiger partial charge in [0.05, 0.1) is 6.61 Å². The Morgan fingerprint density at radius 1 is 0.706 bits per heavy atom. The van der Waals surface area contributed by atoms with Crippen LogP contribution >= 0.6 is 0 Å². The van der Waals surface area contributed by atoms with Crippen LogP contribution in [-0.2, 0) is 9.59 Å². The summed E-state index contributed by atoms with van der Waals surface area (Å²) in [6.07, 6.45) is 21.3. The Bertz CT molecular complexity index is 648. The molecular weight excluding hydrogens is 430 g/mol. The smallest absolute Gasteiger partial charge is 0.323 e. The summed E-state index contributed by atoms with van der Waals surface area (Å²) in [6, 6.07) is 6.98. The van der Waals surface area contributed by atoms with Gasteiger partial charge in [0, 0.05) is 11.8 Å². The van der Waals surface area contributed by atoms with Gasteiger partial charge in [0.2, 0.25) is 0 Å². The van der Waals surface area contributed by atoms with E-state index in [4.69, 9.17) is 14.9 Å². The molecule has 0 saturated carbocycles. The first-order chi connectivity index (χ1) is 16.5. The van der Waals surface area contributed by atoms with Crippen molar-refractivity contribution in [3.05, 3.63) is 24.3 Å². The van der Waals surface area contributed by atoms with Gasteiger partial charge in [-0.05, 0) is 18.6 Å². The molecule has 0 aliphatic rings. The lowest BCUT2D eigenvalue weighted by molar-refractivity contribution is -0.136. The molecule has 0 fully saturated rings. The van der Waals surface area contributed by atoms with E-state index in [9.17, 15) is 9.59 Å². The second-order valence-corrected chi connectivity index (χ2v) is 9.29. The highest BCUT2D eigenvalue weighted by molar-refractivity contribution is 5.79. The van der Waals surface area contributed by atoms with Gasteiger partial charge in [-0.3, -0.25) is 9.59 Å². The molecule has 0 bridgehead atoms. The normalized spacial score (nSPS) is 10.9. The molecule has 1 aromatic carbocycles. The van der Waals surface area contributed by atoms with Gasteiger partial charge in [0.1, 0.15) is 18.8 Å². The Hall–Kier alpha value is -2.24. The Kier molecular flexibility index (Phi) is 17.7. The monoisotopic (exact) mass is 477 g/mol. The lowest BCUT2D eigenvalue weighted by Crippen LogP contribution is -2.34. The van der Waals surface area contributed by atoms with Gasteiger partial charge < -0.3 is 19.8 Å². The molecule has 194 valence electrons. The number of carbonyl (C=O) groups is 2. The second-order valence-electron chi connectivity index (χ2n) is 9.29. The topological polar surface area (TPSA) is 87.1 Å². The molecule has 0 radical (unpaired) electrons. The first-order valence-corrected chi connectivity index (χ1v) is 13.4. The number of rotatable bonds is 23. The van der Waals surface area contributed by atoms with E-state index in [2.05, 4.69) is 6.92 Å². The van der Waals surface area contributed by atoms with Crippen LogP contribution in [0, 0.1) is 0 Å². The van der Waals surface area contributed by atoms with Crippen molar-refractivity contribution < 1.29 is 24.5 Å². The first-order valence-electron chi connectivity index (χ1n) is 13.4. The third-order valence-electron chi connectivity index (χ3n) is 6.10. The van der Waals surface area contributed by atoms with E-state index < -0.39 is 11.9 Å². The minimum absolute atomic E-state index is 0.366. The molecule has 2 N–H and O–H groups in total. The second kappa shape index (κ2) is 20.2. The minimum Gasteiger partial charge on any atom is -0.494 e. The largest absolute Gasteiger partial charge is 0.494 e. The third kappa shape index (κ3) is 16.4. The van der Waals surface area contributed by atoms with Crippen molar-refractivity contribution in [1.29, 1.82) is 0 Å². The number of carboxylic acid groups (broad SMARTS) is 2. The van der Waals surface area contributed by atoms with E-state index in [1.165, 1.54) is 94.8 Å². The van der Waals surface area contributed by atoms with Crippen LogP contribution in [0.15, 0.2) is 24.3 Å². The number of benzene rings is 1. The van der Waals surface area contributed by atoms with Crippen LogP contribution in [0.2, 0.25) is 0 Å². The fourth-order valence-corrected chi connectivity index (χ4v) is 4.18. The minimum atomic E-state index is -1.07. The summed E-state index contributed by atoms with van der Waals surface area (Å²) in [6.45, 7) is 2.15. The number of hydrogen-bond donors (Lipinski definition) is 2. The summed E-state index contributed by atoms with van der Waals surface area (Å²) in [5.41, 5.74) is 0.536. The summed E-state index contributed by atoms with van der Waals surface area (Å²) in [5, 5.41) is 18.1. The molecule has 0 spiro atoms. The zero-order chi connectivity index (χ0) is 24.9. The molecule has 0 amide bonds. The van der Waals surface area contributed by atoms with Crippen LogP contribution in [0.1, 0.15) is 110 Å². The Morgan fingerprint density at radius 2 is 1.15 bits per heavy atom. The molecule has 34 heavy (non-hydrogen) atoms. The molecule has 6 heteroatoms. The van der Waals surface area contributed by atoms with E-state index in [0.29, 0.717) is 18.0 Å². The summed E-state index contributed by atoms with van der Waals surface area (Å²) in [4.78, 5) is 23.4. The quantitative estimate of drug-likeness (QED) is 0.161. The molecular formula is C28H47NO5. The van der Waals surface area contributed by atoms with Crippen molar-refractivity contribution in [3.63, 3.8) is 0 Å². The van der Waals surface area contributed by atoms with Crippen molar-refractivity contribution in [2.24, 2.45) is 0 Å². The number of nitrogens with zero attached hydrogens (tertiary/aromatic N) is 1. The van der Waals surface area contributed by atoms with E-state index in [-0.39, 0.29) is 13.1 Å². The average molecular weight is 478 g/mol. The highest BCUT2D eigenvalue weighted by Gasteiger charge is 2.14. The Morgan fingerprint density at radius 3 is 1.59 bits per heavy atom. The number of hydrogen-bond acceptors (Lipinski definition) is 4. The van der Waals surface area contributed by atoms with Crippen LogP contribution in [0.5, 0.6) is 5.75 Å². The van der Waals surface area contributed by atoms with Crippen LogP contribution in [0.3, 0.4) is 0 Å². The van der Waals surface area contributed by atoms with Gasteiger partial charge in [0.15, 0.2) is 0 Å². The van der Waals surface area contributed by atoms with E-state index in [0.717, 1.165) is 12.8 Å². The SMILES string of the molecule is CCCCCCCCCCCCCCCCCCOc1cccc(N(CC(=O)O)CC(=O)O)c1. The highest BCUT2D eigenvalue weighted by Crippen LogP contribution is 2.22. The van der Waals surface area contributed by atoms with Crippen LogP contribution in [0.25, 0.3) is 0 Å². The maximum Gasteiger partial charge on any atom is 0.323 e. The van der Waals surface area contributed by atoms with Crippen molar-refractivity contribution >= 4 is 17.6 Å². The summed E-state index contributed by atoms with van der Waals surface area (Å²) in [7, 11) is 0. The van der Waals surface area contributed by atoms with Crippen LogP contribution < -0.4 is 9.64 Å².